The zero-order chi connectivity index (χ0) is 21.3. The first-order valence-corrected chi connectivity index (χ1v) is 10.5. The third kappa shape index (κ3) is 3.62. The fourth-order valence-corrected chi connectivity index (χ4v) is 4.51. The number of benzene rings is 2. The smallest absolute Gasteiger partial charge is 0.227 e. The van der Waals surface area contributed by atoms with Crippen LogP contribution in [0.5, 0.6) is 11.5 Å². The molecule has 4 rings (SSSR count). The third-order valence-electron chi connectivity index (χ3n) is 6.06. The molecule has 0 N–H and O–H groups in total. The summed E-state index contributed by atoms with van der Waals surface area (Å²) in [7, 11) is 3.30. The van der Waals surface area contributed by atoms with E-state index in [2.05, 4.69) is 15.6 Å². The second-order valence-corrected chi connectivity index (χ2v) is 7.96. The van der Waals surface area contributed by atoms with E-state index in [0.717, 1.165) is 53.3 Å². The van der Waals surface area contributed by atoms with Crippen LogP contribution in [0.15, 0.2) is 42.5 Å². The van der Waals surface area contributed by atoms with Crippen LogP contribution in [0.25, 0.3) is 11.0 Å². The summed E-state index contributed by atoms with van der Waals surface area (Å²) in [4.78, 5) is 20.1. The van der Waals surface area contributed by atoms with Gasteiger partial charge in [0.25, 0.3) is 0 Å². The minimum Gasteiger partial charge on any atom is -0.497 e. The van der Waals surface area contributed by atoms with Gasteiger partial charge in [0.2, 0.25) is 5.91 Å². The van der Waals surface area contributed by atoms with Crippen molar-refractivity contribution in [2.24, 2.45) is 5.92 Å². The monoisotopic (exact) mass is 407 g/mol. The number of nitrogens with zero attached hydrogens (tertiary/aromatic N) is 3. The second-order valence-electron chi connectivity index (χ2n) is 7.96. The zero-order valence-electron chi connectivity index (χ0n) is 18.1. The SMILES string of the molecule is COc1ccc([C@@H]2CCCN2C(=O)[C@H](C)Cn2c(C)nc3ccccc32)c(OC)c1. The molecule has 0 radical (unpaired) electrons. The molecule has 6 nitrogen and oxygen atoms in total. The van der Waals surface area contributed by atoms with E-state index in [1.54, 1.807) is 14.2 Å². The molecule has 3 aromatic rings. The van der Waals surface area contributed by atoms with Gasteiger partial charge in [-0.15, -0.1) is 0 Å². The Kier molecular flexibility index (Phi) is 5.66. The van der Waals surface area contributed by atoms with Crippen LogP contribution in [0.3, 0.4) is 0 Å². The van der Waals surface area contributed by atoms with Gasteiger partial charge in [0.05, 0.1) is 37.2 Å². The lowest BCUT2D eigenvalue weighted by atomic mass is 10.0. The maximum Gasteiger partial charge on any atom is 0.227 e. The molecule has 2 heterocycles. The summed E-state index contributed by atoms with van der Waals surface area (Å²) in [5, 5.41) is 0. The second kappa shape index (κ2) is 8.38. The molecule has 0 aliphatic carbocycles. The van der Waals surface area contributed by atoms with Gasteiger partial charge in [-0.05, 0) is 44.0 Å². The van der Waals surface area contributed by atoms with Crippen LogP contribution >= 0.6 is 0 Å². The molecule has 1 amide bonds. The Hall–Kier alpha value is -3.02. The summed E-state index contributed by atoms with van der Waals surface area (Å²) in [6.07, 6.45) is 1.93. The molecule has 0 spiro atoms. The maximum absolute atomic E-state index is 13.5. The summed E-state index contributed by atoms with van der Waals surface area (Å²) in [6.45, 7) is 5.40. The van der Waals surface area contributed by atoms with Gasteiger partial charge in [-0.1, -0.05) is 19.1 Å². The van der Waals surface area contributed by atoms with Crippen molar-refractivity contribution in [1.82, 2.24) is 14.5 Å². The van der Waals surface area contributed by atoms with Gasteiger partial charge in [0.1, 0.15) is 17.3 Å². The molecule has 0 bridgehead atoms. The highest BCUT2D eigenvalue weighted by atomic mass is 16.5. The predicted molar refractivity (Wildman–Crippen MR) is 117 cm³/mol. The molecule has 2 aromatic carbocycles. The normalized spacial score (nSPS) is 17.3. The summed E-state index contributed by atoms with van der Waals surface area (Å²) in [5.74, 6) is 2.48. The van der Waals surface area contributed by atoms with Crippen molar-refractivity contribution in [2.75, 3.05) is 20.8 Å². The van der Waals surface area contributed by atoms with E-state index < -0.39 is 0 Å². The Labute approximate surface area is 177 Å². The maximum atomic E-state index is 13.5. The first-order chi connectivity index (χ1) is 14.5. The Morgan fingerprint density at radius 2 is 2.00 bits per heavy atom. The van der Waals surface area contributed by atoms with Crippen LogP contribution in [0, 0.1) is 12.8 Å². The number of para-hydroxylation sites is 2. The number of hydrogen-bond donors (Lipinski definition) is 0. The van der Waals surface area contributed by atoms with Crippen molar-refractivity contribution in [2.45, 2.75) is 39.3 Å². The Bertz CT molecular complexity index is 1060. The number of carbonyl (C=O) groups excluding carboxylic acids is 1. The molecule has 6 heteroatoms. The minimum absolute atomic E-state index is 0.0291. The Morgan fingerprint density at radius 1 is 1.20 bits per heavy atom. The highest BCUT2D eigenvalue weighted by Gasteiger charge is 2.34. The van der Waals surface area contributed by atoms with Crippen molar-refractivity contribution in [3.05, 3.63) is 53.9 Å². The zero-order valence-corrected chi connectivity index (χ0v) is 18.1. The Balaban J connectivity index is 1.57. The molecule has 158 valence electrons. The highest BCUT2D eigenvalue weighted by Crippen LogP contribution is 2.39. The van der Waals surface area contributed by atoms with Gasteiger partial charge in [-0.2, -0.15) is 0 Å². The van der Waals surface area contributed by atoms with E-state index in [4.69, 9.17) is 9.47 Å². The topological polar surface area (TPSA) is 56.6 Å². The lowest BCUT2D eigenvalue weighted by Crippen LogP contribution is -2.36. The standard InChI is InChI=1S/C24H29N3O3/c1-16(15-27-17(2)25-20-8-5-6-9-22(20)27)24(28)26-13-7-10-21(26)19-12-11-18(29-3)14-23(19)30-4/h5-6,8-9,11-12,14,16,21H,7,10,13,15H2,1-4H3/t16-,21+/m1/s1. The summed E-state index contributed by atoms with van der Waals surface area (Å²) in [6, 6.07) is 14.0. The summed E-state index contributed by atoms with van der Waals surface area (Å²) < 4.78 is 13.1. The van der Waals surface area contributed by atoms with Crippen molar-refractivity contribution >= 4 is 16.9 Å². The van der Waals surface area contributed by atoms with Gasteiger partial charge in [-0.25, -0.2) is 4.98 Å². The van der Waals surface area contributed by atoms with E-state index in [1.807, 2.05) is 55.1 Å². The lowest BCUT2D eigenvalue weighted by Gasteiger charge is -2.29. The quantitative estimate of drug-likeness (QED) is 0.609. The molecule has 1 aliphatic rings. The molecule has 1 fully saturated rings. The number of fused-ring (bicyclic) bond motifs is 1. The van der Waals surface area contributed by atoms with Crippen LogP contribution < -0.4 is 9.47 Å². The number of imidazole rings is 1. The number of likely N-dealkylation sites (tertiary alicyclic amines) is 1. The van der Waals surface area contributed by atoms with Crippen LogP contribution in [0.2, 0.25) is 0 Å². The number of rotatable bonds is 6. The number of hydrogen-bond acceptors (Lipinski definition) is 4. The lowest BCUT2D eigenvalue weighted by molar-refractivity contribution is -0.136. The first-order valence-electron chi connectivity index (χ1n) is 10.5. The van der Waals surface area contributed by atoms with Crippen LogP contribution in [-0.2, 0) is 11.3 Å². The van der Waals surface area contributed by atoms with E-state index in [1.165, 1.54) is 0 Å². The summed E-state index contributed by atoms with van der Waals surface area (Å²) in [5.41, 5.74) is 3.08. The highest BCUT2D eigenvalue weighted by molar-refractivity contribution is 5.80. The molecule has 1 aromatic heterocycles. The number of carbonyl (C=O) groups is 1. The van der Waals surface area contributed by atoms with Gasteiger partial charge >= 0.3 is 0 Å². The first kappa shape index (κ1) is 20.3. The van der Waals surface area contributed by atoms with E-state index in [9.17, 15) is 4.79 Å². The molecule has 0 saturated carbocycles. The van der Waals surface area contributed by atoms with Gasteiger partial charge in [0.15, 0.2) is 0 Å². The molecule has 1 aliphatic heterocycles. The van der Waals surface area contributed by atoms with Crippen molar-refractivity contribution < 1.29 is 14.3 Å². The van der Waals surface area contributed by atoms with Gasteiger partial charge in [0, 0.05) is 24.7 Å². The third-order valence-corrected chi connectivity index (χ3v) is 6.06. The number of amides is 1. The molecule has 30 heavy (non-hydrogen) atoms. The fourth-order valence-electron chi connectivity index (χ4n) is 4.51. The number of methoxy groups -OCH3 is 2. The molecular weight excluding hydrogens is 378 g/mol. The molecule has 0 unspecified atom stereocenters. The van der Waals surface area contributed by atoms with Crippen molar-refractivity contribution in [3.63, 3.8) is 0 Å². The van der Waals surface area contributed by atoms with E-state index in [0.29, 0.717) is 6.54 Å². The van der Waals surface area contributed by atoms with E-state index >= 15 is 0 Å². The summed E-state index contributed by atoms with van der Waals surface area (Å²) >= 11 is 0. The average Bonchev–Trinajstić information content (AvgIpc) is 3.37. The number of aromatic nitrogens is 2. The van der Waals surface area contributed by atoms with Crippen LogP contribution in [-0.4, -0.2) is 41.1 Å². The van der Waals surface area contributed by atoms with Crippen LogP contribution in [0.1, 0.15) is 37.2 Å². The van der Waals surface area contributed by atoms with Gasteiger partial charge in [-0.3, -0.25) is 4.79 Å². The average molecular weight is 408 g/mol. The fraction of sp³-hybridized carbons (Fsp3) is 0.417. The largest absolute Gasteiger partial charge is 0.497 e. The number of ether oxygens (including phenoxy) is 2. The van der Waals surface area contributed by atoms with E-state index in [-0.39, 0.29) is 17.9 Å². The van der Waals surface area contributed by atoms with Gasteiger partial charge < -0.3 is 18.9 Å². The molecule has 2 atom stereocenters. The van der Waals surface area contributed by atoms with Crippen molar-refractivity contribution in [3.8, 4) is 11.5 Å². The Morgan fingerprint density at radius 3 is 2.77 bits per heavy atom. The number of aryl methyl sites for hydroxylation is 1. The molecule has 1 saturated heterocycles. The minimum atomic E-state index is -0.147. The van der Waals surface area contributed by atoms with Crippen LogP contribution in [0.4, 0.5) is 0 Å². The van der Waals surface area contributed by atoms with Crippen molar-refractivity contribution in [1.29, 1.82) is 0 Å². The predicted octanol–water partition coefficient (Wildman–Crippen LogP) is 4.36. The molecular formula is C24H29N3O3.